The molecule has 1 N–H and O–H groups in total. The standard InChI is InChI=1S/C22H19NO4/c1-25-19-11-10-17(13-16(19)12-15-6-3-2-4-7-15)23-22(24)18-8-5-9-20-21(18)27-14-26-20/h2-11,13H,12,14H2,1H3,(H,23,24). The second kappa shape index (κ2) is 7.41. The first-order valence-corrected chi connectivity index (χ1v) is 8.65. The van der Waals surface area contributed by atoms with Crippen molar-refractivity contribution in [2.75, 3.05) is 19.2 Å². The van der Waals surface area contributed by atoms with E-state index in [9.17, 15) is 4.79 Å². The number of benzene rings is 3. The monoisotopic (exact) mass is 361 g/mol. The summed E-state index contributed by atoms with van der Waals surface area (Å²) in [6, 6.07) is 21.0. The summed E-state index contributed by atoms with van der Waals surface area (Å²) >= 11 is 0. The molecule has 3 aromatic rings. The molecular formula is C22H19NO4. The van der Waals surface area contributed by atoms with Crippen LogP contribution >= 0.6 is 0 Å². The van der Waals surface area contributed by atoms with E-state index < -0.39 is 0 Å². The molecule has 1 heterocycles. The normalized spacial score (nSPS) is 11.9. The Hall–Kier alpha value is -3.47. The van der Waals surface area contributed by atoms with E-state index >= 15 is 0 Å². The molecule has 0 atom stereocenters. The highest BCUT2D eigenvalue weighted by Crippen LogP contribution is 2.35. The van der Waals surface area contributed by atoms with E-state index in [0.29, 0.717) is 29.2 Å². The molecule has 0 spiro atoms. The molecule has 136 valence electrons. The summed E-state index contributed by atoms with van der Waals surface area (Å²) in [5.74, 6) is 1.61. The van der Waals surface area contributed by atoms with Gasteiger partial charge in [0.25, 0.3) is 5.91 Å². The summed E-state index contributed by atoms with van der Waals surface area (Å²) in [6.07, 6.45) is 0.714. The van der Waals surface area contributed by atoms with Gasteiger partial charge in [-0.1, -0.05) is 36.4 Å². The second-order valence-corrected chi connectivity index (χ2v) is 6.18. The smallest absolute Gasteiger partial charge is 0.259 e. The van der Waals surface area contributed by atoms with Gasteiger partial charge in [0.05, 0.1) is 12.7 Å². The van der Waals surface area contributed by atoms with Gasteiger partial charge in [-0.25, -0.2) is 0 Å². The summed E-state index contributed by atoms with van der Waals surface area (Å²) in [4.78, 5) is 12.7. The minimum Gasteiger partial charge on any atom is -0.496 e. The van der Waals surface area contributed by atoms with E-state index in [0.717, 1.165) is 11.3 Å². The van der Waals surface area contributed by atoms with Gasteiger partial charge in [-0.3, -0.25) is 4.79 Å². The molecule has 0 aliphatic carbocycles. The lowest BCUT2D eigenvalue weighted by Crippen LogP contribution is -2.13. The Kier molecular flexibility index (Phi) is 4.66. The number of ether oxygens (including phenoxy) is 3. The number of nitrogens with one attached hydrogen (secondary N) is 1. The summed E-state index contributed by atoms with van der Waals surface area (Å²) in [7, 11) is 1.65. The van der Waals surface area contributed by atoms with Crippen LogP contribution in [-0.2, 0) is 6.42 Å². The number of amides is 1. The third-order valence-electron chi connectivity index (χ3n) is 4.42. The van der Waals surface area contributed by atoms with Gasteiger partial charge in [-0.2, -0.15) is 0 Å². The van der Waals surface area contributed by atoms with Crippen molar-refractivity contribution in [2.24, 2.45) is 0 Å². The van der Waals surface area contributed by atoms with Crippen molar-refractivity contribution in [3.8, 4) is 17.2 Å². The van der Waals surface area contributed by atoms with Gasteiger partial charge in [-0.15, -0.1) is 0 Å². The van der Waals surface area contributed by atoms with Gasteiger partial charge in [0, 0.05) is 17.7 Å². The van der Waals surface area contributed by atoms with E-state index in [1.807, 2.05) is 36.4 Å². The van der Waals surface area contributed by atoms with Crippen LogP contribution in [0.3, 0.4) is 0 Å². The maximum absolute atomic E-state index is 12.7. The third kappa shape index (κ3) is 3.58. The molecule has 1 aliphatic rings. The number of hydrogen-bond donors (Lipinski definition) is 1. The van der Waals surface area contributed by atoms with Gasteiger partial charge < -0.3 is 19.5 Å². The molecule has 0 saturated heterocycles. The van der Waals surface area contributed by atoms with Gasteiger partial charge >= 0.3 is 0 Å². The number of anilines is 1. The number of carbonyl (C=O) groups is 1. The lowest BCUT2D eigenvalue weighted by atomic mass is 10.0. The van der Waals surface area contributed by atoms with E-state index in [1.165, 1.54) is 5.56 Å². The fourth-order valence-electron chi connectivity index (χ4n) is 3.12. The lowest BCUT2D eigenvalue weighted by molar-refractivity contribution is 0.102. The summed E-state index contributed by atoms with van der Waals surface area (Å²) in [5, 5.41) is 2.94. The first kappa shape index (κ1) is 17.0. The molecule has 1 aliphatic heterocycles. The molecule has 0 radical (unpaired) electrons. The molecule has 27 heavy (non-hydrogen) atoms. The summed E-state index contributed by atoms with van der Waals surface area (Å²) in [6.45, 7) is 0.128. The molecule has 5 heteroatoms. The second-order valence-electron chi connectivity index (χ2n) is 6.18. The maximum atomic E-state index is 12.7. The first-order chi connectivity index (χ1) is 13.2. The number of carbonyl (C=O) groups excluding carboxylic acids is 1. The molecule has 0 unspecified atom stereocenters. The van der Waals surface area contributed by atoms with Crippen LogP contribution in [0.25, 0.3) is 0 Å². The largest absolute Gasteiger partial charge is 0.496 e. The van der Waals surface area contributed by atoms with Crippen LogP contribution in [0.1, 0.15) is 21.5 Å². The minimum absolute atomic E-state index is 0.128. The number of fused-ring (bicyclic) bond motifs is 1. The van der Waals surface area contributed by atoms with Gasteiger partial charge in [0.2, 0.25) is 6.79 Å². The van der Waals surface area contributed by atoms with E-state index in [2.05, 4.69) is 17.4 Å². The maximum Gasteiger partial charge on any atom is 0.259 e. The Morgan fingerprint density at radius 2 is 1.89 bits per heavy atom. The summed E-state index contributed by atoms with van der Waals surface area (Å²) < 4.78 is 16.2. The molecule has 1 amide bonds. The van der Waals surface area contributed by atoms with Gasteiger partial charge in [-0.05, 0) is 35.9 Å². The SMILES string of the molecule is COc1ccc(NC(=O)c2cccc3c2OCO3)cc1Cc1ccccc1. The quantitative estimate of drug-likeness (QED) is 0.737. The highest BCUT2D eigenvalue weighted by Gasteiger charge is 2.22. The van der Waals surface area contributed by atoms with Crippen molar-refractivity contribution in [3.63, 3.8) is 0 Å². The number of hydrogen-bond acceptors (Lipinski definition) is 4. The lowest BCUT2D eigenvalue weighted by Gasteiger charge is -2.12. The zero-order valence-corrected chi connectivity index (χ0v) is 14.9. The Labute approximate surface area is 157 Å². The van der Waals surface area contributed by atoms with E-state index in [1.54, 1.807) is 25.3 Å². The van der Waals surface area contributed by atoms with Crippen molar-refractivity contribution >= 4 is 11.6 Å². The van der Waals surface area contributed by atoms with Crippen molar-refractivity contribution in [1.82, 2.24) is 0 Å². The van der Waals surface area contributed by atoms with Crippen LogP contribution in [0.15, 0.2) is 66.7 Å². The van der Waals surface area contributed by atoms with Crippen LogP contribution in [0, 0.1) is 0 Å². The van der Waals surface area contributed by atoms with Crippen LogP contribution < -0.4 is 19.5 Å². The third-order valence-corrected chi connectivity index (χ3v) is 4.42. The average molecular weight is 361 g/mol. The van der Waals surface area contributed by atoms with Gasteiger partial charge in [0.1, 0.15) is 5.75 Å². The molecule has 0 aromatic heterocycles. The Morgan fingerprint density at radius 1 is 1.04 bits per heavy atom. The average Bonchev–Trinajstić information content (AvgIpc) is 3.18. The highest BCUT2D eigenvalue weighted by atomic mass is 16.7. The zero-order chi connectivity index (χ0) is 18.6. The predicted molar refractivity (Wildman–Crippen MR) is 103 cm³/mol. The van der Waals surface area contributed by atoms with Crippen LogP contribution in [-0.4, -0.2) is 19.8 Å². The molecule has 4 rings (SSSR count). The number of methoxy groups -OCH3 is 1. The Morgan fingerprint density at radius 3 is 2.70 bits per heavy atom. The molecule has 0 bridgehead atoms. The molecule has 5 nitrogen and oxygen atoms in total. The van der Waals surface area contributed by atoms with Crippen molar-refractivity contribution in [2.45, 2.75) is 6.42 Å². The molecule has 3 aromatic carbocycles. The topological polar surface area (TPSA) is 56.8 Å². The fourth-order valence-corrected chi connectivity index (χ4v) is 3.12. The number of para-hydroxylation sites is 1. The van der Waals surface area contributed by atoms with E-state index in [-0.39, 0.29) is 12.7 Å². The summed E-state index contributed by atoms with van der Waals surface area (Å²) in [5.41, 5.74) is 3.32. The van der Waals surface area contributed by atoms with Crippen molar-refractivity contribution in [3.05, 3.63) is 83.4 Å². The molecule has 0 fully saturated rings. The fraction of sp³-hybridized carbons (Fsp3) is 0.136. The van der Waals surface area contributed by atoms with E-state index in [4.69, 9.17) is 14.2 Å². The van der Waals surface area contributed by atoms with Crippen LogP contribution in [0.5, 0.6) is 17.2 Å². The van der Waals surface area contributed by atoms with Crippen molar-refractivity contribution in [1.29, 1.82) is 0 Å². The molecular weight excluding hydrogens is 342 g/mol. The minimum atomic E-state index is -0.242. The first-order valence-electron chi connectivity index (χ1n) is 8.65. The Bertz CT molecular complexity index is 969. The Balaban J connectivity index is 1.58. The number of rotatable bonds is 5. The zero-order valence-electron chi connectivity index (χ0n) is 14.9. The van der Waals surface area contributed by atoms with Gasteiger partial charge in [0.15, 0.2) is 11.5 Å². The van der Waals surface area contributed by atoms with Crippen molar-refractivity contribution < 1.29 is 19.0 Å². The molecule has 0 saturated carbocycles. The van der Waals surface area contributed by atoms with Crippen LogP contribution in [0.4, 0.5) is 5.69 Å². The van der Waals surface area contributed by atoms with Crippen LogP contribution in [0.2, 0.25) is 0 Å². The highest BCUT2D eigenvalue weighted by molar-refractivity contribution is 6.06. The predicted octanol–water partition coefficient (Wildman–Crippen LogP) is 4.27.